The maximum atomic E-state index is 11.5. The molecule has 102 valence electrons. The first-order valence-electron chi connectivity index (χ1n) is 5.27. The number of carbonyl (C=O) groups excluding carboxylic acids is 2. The summed E-state index contributed by atoms with van der Waals surface area (Å²) < 4.78 is 4.76. The molecule has 0 saturated carbocycles. The fraction of sp³-hybridized carbons (Fsp3) is 0.273. The minimum absolute atomic E-state index is 0.227. The summed E-state index contributed by atoms with van der Waals surface area (Å²) in [6.07, 6.45) is 1.58. The van der Waals surface area contributed by atoms with Crippen LogP contribution < -0.4 is 5.32 Å². The molecule has 8 heteroatoms. The van der Waals surface area contributed by atoms with Gasteiger partial charge in [0.25, 0.3) is 0 Å². The number of nitrogens with one attached hydrogen (secondary N) is 1. The zero-order valence-electron chi connectivity index (χ0n) is 10.4. The topological polar surface area (TPSA) is 113 Å². The fourth-order valence-corrected chi connectivity index (χ4v) is 1.17. The van der Waals surface area contributed by atoms with Gasteiger partial charge in [0.2, 0.25) is 11.8 Å². The van der Waals surface area contributed by atoms with E-state index in [0.29, 0.717) is 11.8 Å². The van der Waals surface area contributed by atoms with E-state index in [-0.39, 0.29) is 12.4 Å². The largest absolute Gasteiger partial charge is 0.478 e. The average molecular weight is 267 g/mol. The van der Waals surface area contributed by atoms with E-state index in [1.54, 1.807) is 6.92 Å². The zero-order valence-corrected chi connectivity index (χ0v) is 10.4. The van der Waals surface area contributed by atoms with E-state index in [0.717, 1.165) is 11.0 Å². The van der Waals surface area contributed by atoms with Crippen LogP contribution in [0.15, 0.2) is 22.7 Å². The molecule has 0 aliphatic carbocycles. The Bertz CT molecular complexity index is 520. The Hall–Kier alpha value is -2.64. The van der Waals surface area contributed by atoms with Gasteiger partial charge in [0.15, 0.2) is 5.82 Å². The third-order valence-electron chi connectivity index (χ3n) is 2.02. The van der Waals surface area contributed by atoms with Gasteiger partial charge in [0, 0.05) is 25.3 Å². The number of anilines is 1. The Labute approximate surface area is 108 Å². The predicted octanol–water partition coefficient (Wildman–Crippen LogP) is 0.0207. The molecule has 0 bridgehead atoms. The van der Waals surface area contributed by atoms with E-state index in [1.807, 2.05) is 0 Å². The second-order valence-electron chi connectivity index (χ2n) is 3.74. The number of carbonyl (C=O) groups is 3. The number of rotatable bonds is 5. The van der Waals surface area contributed by atoms with E-state index < -0.39 is 17.8 Å². The summed E-state index contributed by atoms with van der Waals surface area (Å²) in [6.45, 7) is 1.45. The van der Waals surface area contributed by atoms with Crippen LogP contribution in [0.25, 0.3) is 0 Å². The molecule has 1 aromatic heterocycles. The van der Waals surface area contributed by atoms with Crippen LogP contribution in [0.2, 0.25) is 0 Å². The molecule has 0 fully saturated rings. The maximum Gasteiger partial charge on any atom is 0.328 e. The summed E-state index contributed by atoms with van der Waals surface area (Å²) >= 11 is 0. The highest BCUT2D eigenvalue weighted by molar-refractivity contribution is 5.98. The first-order chi connectivity index (χ1) is 8.88. The minimum atomic E-state index is -1.23. The number of aromatic nitrogens is 1. The van der Waals surface area contributed by atoms with Gasteiger partial charge in [-0.2, -0.15) is 0 Å². The van der Waals surface area contributed by atoms with E-state index in [1.165, 1.54) is 13.1 Å². The molecule has 1 rings (SSSR count). The number of likely N-dealkylation sites (N-methyl/N-ethyl adjacent to an activating group) is 1. The Kier molecular flexibility index (Phi) is 4.81. The Morgan fingerprint density at radius 3 is 2.68 bits per heavy atom. The third-order valence-corrected chi connectivity index (χ3v) is 2.02. The van der Waals surface area contributed by atoms with Gasteiger partial charge in [-0.25, -0.2) is 4.79 Å². The Balaban J connectivity index is 2.47. The second kappa shape index (κ2) is 6.34. The molecule has 0 aliphatic rings. The van der Waals surface area contributed by atoms with Gasteiger partial charge < -0.3 is 19.8 Å². The summed E-state index contributed by atoms with van der Waals surface area (Å²) in [7, 11) is 1.38. The lowest BCUT2D eigenvalue weighted by Gasteiger charge is -2.13. The van der Waals surface area contributed by atoms with Crippen LogP contribution in [-0.2, 0) is 14.4 Å². The third kappa shape index (κ3) is 5.02. The number of carboxylic acids is 1. The predicted molar refractivity (Wildman–Crippen MR) is 64.3 cm³/mol. The molecule has 0 saturated heterocycles. The van der Waals surface area contributed by atoms with Crippen LogP contribution in [-0.4, -0.2) is 46.5 Å². The van der Waals surface area contributed by atoms with Crippen LogP contribution in [0.4, 0.5) is 5.82 Å². The molecule has 0 aromatic carbocycles. The molecule has 1 heterocycles. The van der Waals surface area contributed by atoms with Crippen LogP contribution >= 0.6 is 0 Å². The van der Waals surface area contributed by atoms with Crippen LogP contribution in [0.1, 0.15) is 5.76 Å². The number of amides is 2. The summed E-state index contributed by atoms with van der Waals surface area (Å²) in [5.41, 5.74) is 0. The standard InChI is InChI=1S/C11H13N3O5/c1-7-5-8(13-19-7)12-9(15)6-14(2)10(16)3-4-11(17)18/h3-5H,6H2,1-2H3,(H,17,18)(H,12,13,15)/b4-3+. The van der Waals surface area contributed by atoms with Crippen molar-refractivity contribution in [2.45, 2.75) is 6.92 Å². The van der Waals surface area contributed by atoms with Crippen LogP contribution in [0, 0.1) is 6.92 Å². The molecule has 0 unspecified atom stereocenters. The van der Waals surface area contributed by atoms with E-state index in [4.69, 9.17) is 9.63 Å². The van der Waals surface area contributed by atoms with E-state index >= 15 is 0 Å². The van der Waals surface area contributed by atoms with Gasteiger partial charge in [0.05, 0.1) is 6.54 Å². The van der Waals surface area contributed by atoms with Crippen molar-refractivity contribution in [2.75, 3.05) is 18.9 Å². The summed E-state index contributed by atoms with van der Waals surface area (Å²) in [4.78, 5) is 34.3. The van der Waals surface area contributed by atoms with Crippen LogP contribution in [0.5, 0.6) is 0 Å². The van der Waals surface area contributed by atoms with Gasteiger partial charge in [0.1, 0.15) is 5.76 Å². The second-order valence-corrected chi connectivity index (χ2v) is 3.74. The highest BCUT2D eigenvalue weighted by Crippen LogP contribution is 2.06. The van der Waals surface area contributed by atoms with Crippen molar-refractivity contribution in [3.05, 3.63) is 24.0 Å². The molecule has 2 amide bonds. The molecular weight excluding hydrogens is 254 g/mol. The molecule has 2 N–H and O–H groups in total. The summed E-state index contributed by atoms with van der Waals surface area (Å²) in [6, 6.07) is 1.53. The van der Waals surface area contributed by atoms with Gasteiger partial charge >= 0.3 is 5.97 Å². The Morgan fingerprint density at radius 2 is 2.16 bits per heavy atom. The summed E-state index contributed by atoms with van der Waals surface area (Å²) in [5, 5.41) is 14.4. The van der Waals surface area contributed by atoms with Crippen molar-refractivity contribution in [3.8, 4) is 0 Å². The molecule has 19 heavy (non-hydrogen) atoms. The molecule has 0 spiro atoms. The van der Waals surface area contributed by atoms with Crippen molar-refractivity contribution in [3.63, 3.8) is 0 Å². The number of carboxylic acid groups (broad SMARTS) is 1. The quantitative estimate of drug-likeness (QED) is 0.727. The smallest absolute Gasteiger partial charge is 0.328 e. The van der Waals surface area contributed by atoms with Gasteiger partial charge in [-0.05, 0) is 6.92 Å². The first-order valence-corrected chi connectivity index (χ1v) is 5.27. The summed E-state index contributed by atoms with van der Waals surface area (Å²) in [5.74, 6) is -1.49. The SMILES string of the molecule is Cc1cc(NC(=O)CN(C)C(=O)/C=C/C(=O)O)no1. The lowest BCUT2D eigenvalue weighted by Crippen LogP contribution is -2.34. The van der Waals surface area contributed by atoms with Crippen LogP contribution in [0.3, 0.4) is 0 Å². The number of hydrogen-bond acceptors (Lipinski definition) is 5. The first kappa shape index (κ1) is 14.4. The molecule has 8 nitrogen and oxygen atoms in total. The monoisotopic (exact) mass is 267 g/mol. The maximum absolute atomic E-state index is 11.5. The molecule has 1 aromatic rings. The molecule has 0 atom stereocenters. The van der Waals surface area contributed by atoms with E-state index in [2.05, 4.69) is 10.5 Å². The number of aliphatic carboxylic acids is 1. The van der Waals surface area contributed by atoms with Crippen molar-refractivity contribution in [1.82, 2.24) is 10.1 Å². The fourth-order valence-electron chi connectivity index (χ4n) is 1.17. The minimum Gasteiger partial charge on any atom is -0.478 e. The lowest BCUT2D eigenvalue weighted by molar-refractivity contribution is -0.132. The number of hydrogen-bond donors (Lipinski definition) is 2. The lowest BCUT2D eigenvalue weighted by atomic mass is 10.4. The van der Waals surface area contributed by atoms with Gasteiger partial charge in [-0.1, -0.05) is 5.16 Å². The molecule has 0 radical (unpaired) electrons. The van der Waals surface area contributed by atoms with Gasteiger partial charge in [-0.3, -0.25) is 9.59 Å². The van der Waals surface area contributed by atoms with Crippen molar-refractivity contribution in [2.24, 2.45) is 0 Å². The number of aryl methyl sites for hydroxylation is 1. The molecular formula is C11H13N3O5. The van der Waals surface area contributed by atoms with E-state index in [9.17, 15) is 14.4 Å². The number of nitrogens with zero attached hydrogens (tertiary/aromatic N) is 2. The normalized spacial score (nSPS) is 10.4. The highest BCUT2D eigenvalue weighted by atomic mass is 16.5. The Morgan fingerprint density at radius 1 is 1.47 bits per heavy atom. The average Bonchev–Trinajstić information content (AvgIpc) is 2.71. The molecule has 0 aliphatic heterocycles. The highest BCUT2D eigenvalue weighted by Gasteiger charge is 2.12. The van der Waals surface area contributed by atoms with Gasteiger partial charge in [-0.15, -0.1) is 0 Å². The van der Waals surface area contributed by atoms with Crippen molar-refractivity contribution >= 4 is 23.6 Å². The van der Waals surface area contributed by atoms with Crippen molar-refractivity contribution in [1.29, 1.82) is 0 Å². The zero-order chi connectivity index (χ0) is 14.4. The van der Waals surface area contributed by atoms with Crippen molar-refractivity contribution < 1.29 is 24.0 Å².